The lowest BCUT2D eigenvalue weighted by molar-refractivity contribution is -0.122. The Morgan fingerprint density at radius 1 is 1.37 bits per heavy atom. The van der Waals surface area contributed by atoms with Crippen molar-refractivity contribution >= 4 is 40.3 Å². The van der Waals surface area contributed by atoms with Crippen molar-refractivity contribution in [3.8, 4) is 5.75 Å². The summed E-state index contributed by atoms with van der Waals surface area (Å²) in [6.07, 6.45) is 3.80. The van der Waals surface area contributed by atoms with Gasteiger partial charge in [0.05, 0.1) is 4.91 Å². The maximum absolute atomic E-state index is 12.2. The molecule has 0 unspecified atom stereocenters. The van der Waals surface area contributed by atoms with Gasteiger partial charge in [0, 0.05) is 6.54 Å². The van der Waals surface area contributed by atoms with Crippen LogP contribution in [0, 0.1) is 0 Å². The highest BCUT2D eigenvalue weighted by atomic mass is 32.2. The smallest absolute Gasteiger partial charge is 0.266 e. The molecule has 1 heterocycles. The first-order chi connectivity index (χ1) is 9.11. The average molecular weight is 293 g/mol. The summed E-state index contributed by atoms with van der Waals surface area (Å²) >= 11 is 6.57. The maximum Gasteiger partial charge on any atom is 0.266 e. The van der Waals surface area contributed by atoms with Gasteiger partial charge in [-0.2, -0.15) is 0 Å². The normalized spacial score (nSPS) is 17.5. The highest BCUT2D eigenvalue weighted by Crippen LogP contribution is 2.32. The number of carbonyl (C=O) groups is 1. The molecule has 0 saturated carbocycles. The number of thioether (sulfide) groups is 1. The fourth-order valence-electron chi connectivity index (χ4n) is 1.73. The van der Waals surface area contributed by atoms with Crippen LogP contribution in [0.1, 0.15) is 25.3 Å². The van der Waals surface area contributed by atoms with Gasteiger partial charge in [-0.05, 0) is 30.2 Å². The number of benzene rings is 1. The van der Waals surface area contributed by atoms with Crippen LogP contribution in [0.4, 0.5) is 0 Å². The van der Waals surface area contributed by atoms with E-state index in [0.29, 0.717) is 15.8 Å². The molecular formula is C14H15NO2S2. The number of thiocarbonyl (C=S) groups is 1. The molecule has 1 aliphatic rings. The lowest BCUT2D eigenvalue weighted by Gasteiger charge is -2.12. The van der Waals surface area contributed by atoms with Crippen LogP contribution in [-0.2, 0) is 4.79 Å². The van der Waals surface area contributed by atoms with E-state index in [1.54, 1.807) is 29.2 Å². The van der Waals surface area contributed by atoms with Crippen molar-refractivity contribution in [2.24, 2.45) is 0 Å². The minimum absolute atomic E-state index is 0.0171. The van der Waals surface area contributed by atoms with Gasteiger partial charge in [-0.1, -0.05) is 49.5 Å². The van der Waals surface area contributed by atoms with Gasteiger partial charge in [-0.15, -0.1) is 0 Å². The summed E-state index contributed by atoms with van der Waals surface area (Å²) in [4.78, 5) is 14.5. The summed E-state index contributed by atoms with van der Waals surface area (Å²) < 4.78 is 0.628. The second-order valence-corrected chi connectivity index (χ2v) is 5.95. The second kappa shape index (κ2) is 6.21. The lowest BCUT2D eigenvalue weighted by atomic mass is 10.2. The van der Waals surface area contributed by atoms with E-state index in [1.165, 1.54) is 11.8 Å². The minimum Gasteiger partial charge on any atom is -0.508 e. The van der Waals surface area contributed by atoms with E-state index >= 15 is 0 Å². The van der Waals surface area contributed by atoms with E-state index in [2.05, 4.69) is 6.92 Å². The molecule has 5 heteroatoms. The molecule has 0 radical (unpaired) electrons. The van der Waals surface area contributed by atoms with Gasteiger partial charge in [0.25, 0.3) is 5.91 Å². The SMILES string of the molecule is CCCCN1C(=O)/C(=C\c2ccc(O)cc2)SC1=S. The molecule has 19 heavy (non-hydrogen) atoms. The summed E-state index contributed by atoms with van der Waals surface area (Å²) in [5.74, 6) is 0.198. The zero-order valence-corrected chi connectivity index (χ0v) is 12.3. The van der Waals surface area contributed by atoms with Crippen LogP contribution in [0.5, 0.6) is 5.75 Å². The van der Waals surface area contributed by atoms with Gasteiger partial charge in [-0.3, -0.25) is 9.69 Å². The summed E-state index contributed by atoms with van der Waals surface area (Å²) in [7, 11) is 0. The molecule has 0 aliphatic carbocycles. The van der Waals surface area contributed by atoms with Crippen molar-refractivity contribution in [2.75, 3.05) is 6.54 Å². The highest BCUT2D eigenvalue weighted by molar-refractivity contribution is 8.26. The van der Waals surface area contributed by atoms with Crippen molar-refractivity contribution in [1.82, 2.24) is 4.90 Å². The zero-order valence-electron chi connectivity index (χ0n) is 10.6. The van der Waals surface area contributed by atoms with Gasteiger partial charge < -0.3 is 5.11 Å². The molecule has 1 saturated heterocycles. The summed E-state index contributed by atoms with van der Waals surface area (Å²) in [6.45, 7) is 2.78. The quantitative estimate of drug-likeness (QED) is 0.682. The first-order valence-electron chi connectivity index (χ1n) is 6.16. The fraction of sp³-hybridized carbons (Fsp3) is 0.286. The van der Waals surface area contributed by atoms with Crippen molar-refractivity contribution in [1.29, 1.82) is 0 Å². The highest BCUT2D eigenvalue weighted by Gasteiger charge is 2.31. The fourth-order valence-corrected chi connectivity index (χ4v) is 3.04. The third-order valence-electron chi connectivity index (χ3n) is 2.80. The third-order valence-corrected chi connectivity index (χ3v) is 4.18. The molecule has 1 aromatic carbocycles. The van der Waals surface area contributed by atoms with Crippen LogP contribution < -0.4 is 0 Å². The van der Waals surface area contributed by atoms with E-state index in [4.69, 9.17) is 12.2 Å². The summed E-state index contributed by atoms with van der Waals surface area (Å²) in [6, 6.07) is 6.75. The van der Waals surface area contributed by atoms with Crippen molar-refractivity contribution < 1.29 is 9.90 Å². The van der Waals surface area contributed by atoms with E-state index < -0.39 is 0 Å². The molecule has 1 aromatic rings. The molecule has 1 amide bonds. The maximum atomic E-state index is 12.2. The lowest BCUT2D eigenvalue weighted by Crippen LogP contribution is -2.28. The second-order valence-electron chi connectivity index (χ2n) is 4.28. The van der Waals surface area contributed by atoms with Crippen LogP contribution in [0.15, 0.2) is 29.2 Å². The Labute approximate surface area is 122 Å². The average Bonchev–Trinajstić information content (AvgIpc) is 2.65. The molecule has 3 nitrogen and oxygen atoms in total. The van der Waals surface area contributed by atoms with Gasteiger partial charge in [0.2, 0.25) is 0 Å². The molecule has 2 rings (SSSR count). The Hall–Kier alpha value is -1.33. The largest absolute Gasteiger partial charge is 0.508 e. The predicted octanol–water partition coefficient (Wildman–Crippen LogP) is 3.39. The Kier molecular flexibility index (Phi) is 4.61. The van der Waals surface area contributed by atoms with E-state index in [0.717, 1.165) is 18.4 Å². The number of carbonyl (C=O) groups excluding carboxylic acids is 1. The number of amides is 1. The first kappa shape index (κ1) is 14.1. The zero-order chi connectivity index (χ0) is 13.8. The monoisotopic (exact) mass is 293 g/mol. The van der Waals surface area contributed by atoms with Crippen LogP contribution in [0.3, 0.4) is 0 Å². The van der Waals surface area contributed by atoms with Crippen molar-refractivity contribution in [2.45, 2.75) is 19.8 Å². The Balaban J connectivity index is 2.16. The molecule has 1 N–H and O–H groups in total. The summed E-state index contributed by atoms with van der Waals surface area (Å²) in [5.41, 5.74) is 0.883. The Morgan fingerprint density at radius 2 is 2.05 bits per heavy atom. The van der Waals surface area contributed by atoms with Crippen LogP contribution in [-0.4, -0.2) is 26.8 Å². The number of phenols is 1. The number of phenolic OH excluding ortho intramolecular Hbond substituents is 1. The van der Waals surface area contributed by atoms with Crippen LogP contribution in [0.25, 0.3) is 6.08 Å². The first-order valence-corrected chi connectivity index (χ1v) is 7.38. The molecule has 0 aromatic heterocycles. The molecule has 0 bridgehead atoms. The number of hydrogen-bond acceptors (Lipinski definition) is 4. The third kappa shape index (κ3) is 3.36. The number of unbranched alkanes of at least 4 members (excludes halogenated alkanes) is 1. The Bertz CT molecular complexity index is 523. The molecule has 1 aliphatic heterocycles. The van der Waals surface area contributed by atoms with Gasteiger partial charge >= 0.3 is 0 Å². The molecule has 0 atom stereocenters. The van der Waals surface area contributed by atoms with Crippen LogP contribution >= 0.6 is 24.0 Å². The van der Waals surface area contributed by atoms with Gasteiger partial charge in [0.1, 0.15) is 10.1 Å². The molecule has 0 spiro atoms. The van der Waals surface area contributed by atoms with E-state index in [9.17, 15) is 9.90 Å². The Morgan fingerprint density at radius 3 is 2.68 bits per heavy atom. The topological polar surface area (TPSA) is 40.5 Å². The number of hydrogen-bond donors (Lipinski definition) is 1. The van der Waals surface area contributed by atoms with Gasteiger partial charge in [0.15, 0.2) is 0 Å². The number of aromatic hydroxyl groups is 1. The summed E-state index contributed by atoms with van der Waals surface area (Å²) in [5, 5.41) is 9.23. The van der Waals surface area contributed by atoms with E-state index in [1.807, 2.05) is 6.08 Å². The standard InChI is InChI=1S/C14H15NO2S2/c1-2-3-8-15-13(17)12(19-14(15)18)9-10-4-6-11(16)7-5-10/h4-7,9,16H,2-3,8H2,1H3/b12-9+. The minimum atomic E-state index is -0.0171. The molecule has 1 fully saturated rings. The predicted molar refractivity (Wildman–Crippen MR) is 82.9 cm³/mol. The van der Waals surface area contributed by atoms with Crippen molar-refractivity contribution in [3.05, 3.63) is 34.7 Å². The van der Waals surface area contributed by atoms with Gasteiger partial charge in [-0.25, -0.2) is 0 Å². The number of rotatable bonds is 4. The van der Waals surface area contributed by atoms with Crippen LogP contribution in [0.2, 0.25) is 0 Å². The van der Waals surface area contributed by atoms with E-state index in [-0.39, 0.29) is 11.7 Å². The van der Waals surface area contributed by atoms with Crippen molar-refractivity contribution in [3.63, 3.8) is 0 Å². The molecule has 100 valence electrons. The number of nitrogens with zero attached hydrogens (tertiary/aromatic N) is 1. The molecular weight excluding hydrogens is 278 g/mol.